The second kappa shape index (κ2) is 8.64. The molecule has 0 spiro atoms. The molecule has 3 heteroatoms. The van der Waals surface area contributed by atoms with Gasteiger partial charge >= 0.3 is 5.97 Å². The summed E-state index contributed by atoms with van der Waals surface area (Å²) in [4.78, 5) is 11.2. The maximum absolute atomic E-state index is 11.2. The smallest absolute Gasteiger partial charge is 0.307 e. The van der Waals surface area contributed by atoms with Crippen molar-refractivity contribution in [3.05, 3.63) is 71.3 Å². The molecule has 1 N–H and O–H groups in total. The summed E-state index contributed by atoms with van der Waals surface area (Å²) < 4.78 is 0. The lowest BCUT2D eigenvalue weighted by Crippen LogP contribution is -2.18. The number of hydrogen-bond donors (Lipinski definition) is 1. The van der Waals surface area contributed by atoms with Gasteiger partial charge in [0.15, 0.2) is 0 Å². The van der Waals surface area contributed by atoms with Gasteiger partial charge in [-0.1, -0.05) is 54.6 Å². The molecule has 0 aromatic heterocycles. The zero-order chi connectivity index (χ0) is 15.8. The number of carboxylic acids is 1. The molecule has 0 aliphatic carbocycles. The largest absolute Gasteiger partial charge is 0.481 e. The highest BCUT2D eigenvalue weighted by Gasteiger charge is 2.17. The molecule has 0 radical (unpaired) electrons. The van der Waals surface area contributed by atoms with Crippen molar-refractivity contribution >= 4 is 17.7 Å². The maximum atomic E-state index is 11.2. The van der Waals surface area contributed by atoms with Crippen LogP contribution in [0.3, 0.4) is 0 Å². The zero-order valence-corrected chi connectivity index (χ0v) is 13.7. The average molecular weight is 314 g/mol. The number of rotatable bonds is 8. The lowest BCUT2D eigenvalue weighted by Gasteiger charge is -2.11. The van der Waals surface area contributed by atoms with Crippen LogP contribution in [0.2, 0.25) is 0 Å². The summed E-state index contributed by atoms with van der Waals surface area (Å²) in [6.07, 6.45) is 4.60. The first kappa shape index (κ1) is 16.6. The topological polar surface area (TPSA) is 37.3 Å². The lowest BCUT2D eigenvalue weighted by molar-refractivity contribution is -0.140. The van der Waals surface area contributed by atoms with Gasteiger partial charge in [-0.2, -0.15) is 11.8 Å². The van der Waals surface area contributed by atoms with Crippen LogP contribution in [0.1, 0.15) is 16.7 Å². The third kappa shape index (κ3) is 5.23. The molecular formula is C19H22O2S. The first-order valence-electron chi connectivity index (χ1n) is 7.52. The van der Waals surface area contributed by atoms with Crippen molar-refractivity contribution in [3.8, 4) is 0 Å². The minimum absolute atomic E-state index is 0.301. The zero-order valence-electron chi connectivity index (χ0n) is 12.9. The molecular weight excluding hydrogens is 292 g/mol. The molecule has 0 heterocycles. The molecule has 1 unspecified atom stereocenters. The molecule has 2 aromatic rings. The first-order valence-corrected chi connectivity index (χ1v) is 8.92. The van der Waals surface area contributed by atoms with Crippen molar-refractivity contribution < 1.29 is 9.90 Å². The second-order valence-corrected chi connectivity index (χ2v) is 6.41. The molecule has 0 aliphatic rings. The summed E-state index contributed by atoms with van der Waals surface area (Å²) >= 11 is 1.59. The van der Waals surface area contributed by atoms with Gasteiger partial charge in [0.2, 0.25) is 0 Å². The predicted octanol–water partition coefficient (Wildman–Crippen LogP) is 4.08. The van der Waals surface area contributed by atoms with Crippen molar-refractivity contribution in [2.45, 2.75) is 19.3 Å². The van der Waals surface area contributed by atoms with Crippen LogP contribution in [0.15, 0.2) is 54.6 Å². The highest BCUT2D eigenvalue weighted by atomic mass is 32.2. The van der Waals surface area contributed by atoms with Crippen LogP contribution in [0.4, 0.5) is 0 Å². The predicted molar refractivity (Wildman–Crippen MR) is 93.5 cm³/mol. The van der Waals surface area contributed by atoms with Crippen LogP contribution in [0.25, 0.3) is 0 Å². The highest BCUT2D eigenvalue weighted by molar-refractivity contribution is 7.98. The molecule has 0 saturated carbocycles. The van der Waals surface area contributed by atoms with Gasteiger partial charge in [0.1, 0.15) is 0 Å². The van der Waals surface area contributed by atoms with E-state index in [0.717, 1.165) is 18.4 Å². The number of benzene rings is 2. The van der Waals surface area contributed by atoms with Crippen molar-refractivity contribution in [1.82, 2.24) is 0 Å². The summed E-state index contributed by atoms with van der Waals surface area (Å²) in [6.45, 7) is 0. The van der Waals surface area contributed by atoms with Gasteiger partial charge in [0.25, 0.3) is 0 Å². The SMILES string of the molecule is CSCC(Cc1ccc(CCc2ccccc2)cc1)C(=O)O. The van der Waals surface area contributed by atoms with Crippen LogP contribution in [0.5, 0.6) is 0 Å². The molecule has 0 aliphatic heterocycles. The van der Waals surface area contributed by atoms with Crippen LogP contribution < -0.4 is 0 Å². The lowest BCUT2D eigenvalue weighted by atomic mass is 9.98. The summed E-state index contributed by atoms with van der Waals surface area (Å²) in [5.41, 5.74) is 3.74. The Morgan fingerprint density at radius 2 is 1.50 bits per heavy atom. The van der Waals surface area contributed by atoms with E-state index >= 15 is 0 Å². The standard InChI is InChI=1S/C19H22O2S/c1-22-14-18(19(20)21)13-17-11-9-16(10-12-17)8-7-15-5-3-2-4-6-15/h2-6,9-12,18H,7-8,13-14H2,1H3,(H,20,21). The van der Waals surface area contributed by atoms with Crippen molar-refractivity contribution in [1.29, 1.82) is 0 Å². The summed E-state index contributed by atoms with van der Waals surface area (Å²) in [5, 5.41) is 9.22. The third-order valence-corrected chi connectivity index (χ3v) is 4.50. The van der Waals surface area contributed by atoms with Crippen LogP contribution in [-0.2, 0) is 24.1 Å². The quantitative estimate of drug-likeness (QED) is 0.798. The normalized spacial score (nSPS) is 12.0. The van der Waals surface area contributed by atoms with E-state index in [2.05, 4.69) is 48.5 Å². The Bertz CT molecular complexity index is 578. The fourth-order valence-corrected chi connectivity index (χ4v) is 3.14. The number of thioether (sulfide) groups is 1. The van der Waals surface area contributed by atoms with E-state index in [-0.39, 0.29) is 5.92 Å². The van der Waals surface area contributed by atoms with E-state index in [9.17, 15) is 9.90 Å². The summed E-state index contributed by atoms with van der Waals surface area (Å²) in [5.74, 6) is -0.349. The number of aryl methyl sites for hydroxylation is 2. The Hall–Kier alpha value is -1.74. The Kier molecular flexibility index (Phi) is 6.53. The number of hydrogen-bond acceptors (Lipinski definition) is 2. The minimum Gasteiger partial charge on any atom is -0.481 e. The van der Waals surface area contributed by atoms with Crippen LogP contribution in [0, 0.1) is 5.92 Å². The second-order valence-electron chi connectivity index (χ2n) is 5.50. The number of aliphatic carboxylic acids is 1. The Morgan fingerprint density at radius 1 is 0.955 bits per heavy atom. The third-order valence-electron chi connectivity index (χ3n) is 3.77. The molecule has 0 amide bonds. The average Bonchev–Trinajstić information content (AvgIpc) is 2.54. The highest BCUT2D eigenvalue weighted by Crippen LogP contribution is 2.15. The van der Waals surface area contributed by atoms with Crippen LogP contribution in [-0.4, -0.2) is 23.1 Å². The molecule has 22 heavy (non-hydrogen) atoms. The Morgan fingerprint density at radius 3 is 2.05 bits per heavy atom. The Labute approximate surface area is 136 Å². The van der Waals surface area contributed by atoms with Gasteiger partial charge in [-0.25, -0.2) is 0 Å². The molecule has 2 nitrogen and oxygen atoms in total. The van der Waals surface area contributed by atoms with Crippen molar-refractivity contribution in [3.63, 3.8) is 0 Å². The van der Waals surface area contributed by atoms with E-state index in [1.807, 2.05) is 12.3 Å². The van der Waals surface area contributed by atoms with E-state index in [1.54, 1.807) is 11.8 Å². The van der Waals surface area contributed by atoms with Gasteiger partial charge in [0.05, 0.1) is 5.92 Å². The molecule has 0 bridgehead atoms. The first-order chi connectivity index (χ1) is 10.7. The number of carboxylic acid groups (broad SMARTS) is 1. The molecule has 2 aromatic carbocycles. The maximum Gasteiger partial charge on any atom is 0.307 e. The van der Waals surface area contributed by atoms with Gasteiger partial charge in [-0.3, -0.25) is 4.79 Å². The molecule has 2 rings (SSSR count). The van der Waals surface area contributed by atoms with E-state index < -0.39 is 5.97 Å². The van der Waals surface area contributed by atoms with E-state index in [0.29, 0.717) is 12.2 Å². The summed E-state index contributed by atoms with van der Waals surface area (Å²) in [7, 11) is 0. The molecule has 116 valence electrons. The fraction of sp³-hybridized carbons (Fsp3) is 0.316. The van der Waals surface area contributed by atoms with E-state index in [4.69, 9.17) is 0 Å². The van der Waals surface area contributed by atoms with Gasteiger partial charge in [0, 0.05) is 5.75 Å². The van der Waals surface area contributed by atoms with Crippen molar-refractivity contribution in [2.75, 3.05) is 12.0 Å². The number of carbonyl (C=O) groups is 1. The summed E-state index contributed by atoms with van der Waals surface area (Å²) in [6, 6.07) is 18.8. The minimum atomic E-state index is -0.706. The molecule has 0 saturated heterocycles. The monoisotopic (exact) mass is 314 g/mol. The van der Waals surface area contributed by atoms with Gasteiger partial charge in [-0.15, -0.1) is 0 Å². The van der Waals surface area contributed by atoms with E-state index in [1.165, 1.54) is 11.1 Å². The van der Waals surface area contributed by atoms with Crippen LogP contribution >= 0.6 is 11.8 Å². The fourth-order valence-electron chi connectivity index (χ4n) is 2.48. The molecule has 0 fully saturated rings. The Balaban J connectivity index is 1.91. The van der Waals surface area contributed by atoms with Crippen molar-refractivity contribution in [2.24, 2.45) is 5.92 Å². The van der Waals surface area contributed by atoms with Gasteiger partial charge in [-0.05, 0) is 42.2 Å². The van der Waals surface area contributed by atoms with Gasteiger partial charge < -0.3 is 5.11 Å². The molecule has 1 atom stereocenters.